The molecule has 0 atom stereocenters. The molecule has 0 spiro atoms. The molecule has 0 aromatic heterocycles. The Bertz CT molecular complexity index is 242. The van der Waals surface area contributed by atoms with Gasteiger partial charge < -0.3 is 0 Å². The second-order valence-corrected chi connectivity index (χ2v) is 2.25. The summed E-state index contributed by atoms with van der Waals surface area (Å²) in [7, 11) is 0. The predicted molar refractivity (Wildman–Crippen MR) is 56.4 cm³/mol. The van der Waals surface area contributed by atoms with Crippen molar-refractivity contribution in [2.75, 3.05) is 0 Å². The van der Waals surface area contributed by atoms with Crippen molar-refractivity contribution < 1.29 is 0 Å². The molecule has 0 saturated carbocycles. The Morgan fingerprint density at radius 1 is 1.33 bits per heavy atom. The molecule has 0 radical (unpaired) electrons. The first-order chi connectivity index (χ1) is 5.76. The molecule has 1 nitrogen and oxygen atoms in total. The summed E-state index contributed by atoms with van der Waals surface area (Å²) in [5.74, 6) is 0. The lowest BCUT2D eigenvalue weighted by Crippen LogP contribution is -1.78. The molecule has 0 aromatic rings. The first kappa shape index (κ1) is 10.6. The van der Waals surface area contributed by atoms with Crippen molar-refractivity contribution in [2.45, 2.75) is 13.8 Å². The molecule has 0 rings (SSSR count). The summed E-state index contributed by atoms with van der Waals surface area (Å²) >= 11 is 0. The fourth-order valence-corrected chi connectivity index (χ4v) is 0.752. The van der Waals surface area contributed by atoms with Crippen LogP contribution in [-0.4, -0.2) is 6.21 Å². The highest BCUT2D eigenvalue weighted by atomic mass is 14.7. The third-order valence-corrected chi connectivity index (χ3v) is 1.35. The largest absolute Gasteiger partial charge is 0.261 e. The third kappa shape index (κ3) is 3.71. The molecule has 0 fully saturated rings. The van der Waals surface area contributed by atoms with Crippen LogP contribution in [0.1, 0.15) is 13.8 Å². The van der Waals surface area contributed by atoms with E-state index in [9.17, 15) is 0 Å². The highest BCUT2D eigenvalue weighted by molar-refractivity contribution is 5.57. The van der Waals surface area contributed by atoms with Crippen molar-refractivity contribution >= 4 is 6.21 Å². The predicted octanol–water partition coefficient (Wildman–Crippen LogP) is 3.28. The minimum absolute atomic E-state index is 0.899. The lowest BCUT2D eigenvalue weighted by molar-refractivity contribution is 1.32. The maximum absolute atomic E-state index is 4.15. The standard InChI is InChI=1S/C11H15N/c1-5-8-9-10(4)11(6-2)12-7-3/h5-9H,1-2H2,3-4H3/b9-8-,11-10+,12-7-. The second kappa shape index (κ2) is 6.35. The lowest BCUT2D eigenvalue weighted by Gasteiger charge is -1.95. The van der Waals surface area contributed by atoms with Gasteiger partial charge in [0.1, 0.15) is 0 Å². The molecule has 0 N–H and O–H groups in total. The molecule has 0 amide bonds. The van der Waals surface area contributed by atoms with E-state index < -0.39 is 0 Å². The number of rotatable bonds is 4. The monoisotopic (exact) mass is 161 g/mol. The van der Waals surface area contributed by atoms with E-state index in [4.69, 9.17) is 0 Å². The van der Waals surface area contributed by atoms with Crippen LogP contribution in [0.4, 0.5) is 0 Å². The summed E-state index contributed by atoms with van der Waals surface area (Å²) in [6.45, 7) is 11.1. The van der Waals surface area contributed by atoms with Crippen molar-refractivity contribution in [1.29, 1.82) is 0 Å². The Labute approximate surface area is 74.5 Å². The van der Waals surface area contributed by atoms with Crippen molar-refractivity contribution in [3.05, 3.63) is 48.7 Å². The van der Waals surface area contributed by atoms with Crippen LogP contribution in [0.5, 0.6) is 0 Å². The minimum atomic E-state index is 0.899. The van der Waals surface area contributed by atoms with E-state index in [1.807, 2.05) is 26.0 Å². The van der Waals surface area contributed by atoms with Crippen LogP contribution in [0.3, 0.4) is 0 Å². The van der Waals surface area contributed by atoms with E-state index in [0.717, 1.165) is 11.3 Å². The maximum atomic E-state index is 4.15. The number of hydrogen-bond donors (Lipinski definition) is 0. The molecular weight excluding hydrogens is 146 g/mol. The quantitative estimate of drug-likeness (QED) is 0.443. The molecular formula is C11H15N. The Morgan fingerprint density at radius 2 is 2.00 bits per heavy atom. The topological polar surface area (TPSA) is 12.4 Å². The zero-order chi connectivity index (χ0) is 9.40. The van der Waals surface area contributed by atoms with E-state index in [1.54, 1.807) is 18.4 Å². The molecule has 0 aromatic carbocycles. The number of aliphatic imine (C=N–C) groups is 1. The highest BCUT2D eigenvalue weighted by Gasteiger charge is 1.89. The van der Waals surface area contributed by atoms with Gasteiger partial charge in [-0.3, -0.25) is 4.99 Å². The van der Waals surface area contributed by atoms with Crippen LogP contribution in [0.2, 0.25) is 0 Å². The average Bonchev–Trinajstić information content (AvgIpc) is 2.10. The molecule has 0 bridgehead atoms. The third-order valence-electron chi connectivity index (χ3n) is 1.35. The van der Waals surface area contributed by atoms with Crippen molar-refractivity contribution in [3.8, 4) is 0 Å². The number of nitrogens with zero attached hydrogens (tertiary/aromatic N) is 1. The molecule has 0 aliphatic heterocycles. The average molecular weight is 161 g/mol. The Morgan fingerprint density at radius 3 is 2.42 bits per heavy atom. The SMILES string of the molecule is C=C\C=C/C(C)=C(C=C)/N=C\C. The summed E-state index contributed by atoms with van der Waals surface area (Å²) in [5, 5.41) is 0. The summed E-state index contributed by atoms with van der Waals surface area (Å²) < 4.78 is 0. The molecule has 1 heteroatoms. The van der Waals surface area contributed by atoms with Crippen molar-refractivity contribution in [1.82, 2.24) is 0 Å². The first-order valence-corrected chi connectivity index (χ1v) is 3.87. The van der Waals surface area contributed by atoms with E-state index in [-0.39, 0.29) is 0 Å². The summed E-state index contributed by atoms with van der Waals surface area (Å²) in [6.07, 6.45) is 9.06. The number of hydrogen-bond acceptors (Lipinski definition) is 1. The highest BCUT2D eigenvalue weighted by Crippen LogP contribution is 2.07. The van der Waals surface area contributed by atoms with Gasteiger partial charge in [-0.25, -0.2) is 0 Å². The van der Waals surface area contributed by atoms with Gasteiger partial charge in [0, 0.05) is 6.21 Å². The Balaban J connectivity index is 4.70. The van der Waals surface area contributed by atoms with E-state index in [0.29, 0.717) is 0 Å². The summed E-state index contributed by atoms with van der Waals surface area (Å²) in [4.78, 5) is 4.15. The molecule has 0 aliphatic rings. The van der Waals surface area contributed by atoms with Crippen molar-refractivity contribution in [3.63, 3.8) is 0 Å². The van der Waals surface area contributed by atoms with Gasteiger partial charge in [-0.1, -0.05) is 31.4 Å². The summed E-state index contributed by atoms with van der Waals surface area (Å²) in [5.41, 5.74) is 1.98. The van der Waals surface area contributed by atoms with Crippen LogP contribution in [0, 0.1) is 0 Å². The van der Waals surface area contributed by atoms with E-state index in [1.165, 1.54) is 0 Å². The van der Waals surface area contributed by atoms with Crippen LogP contribution in [0.25, 0.3) is 0 Å². The van der Waals surface area contributed by atoms with Crippen LogP contribution in [-0.2, 0) is 0 Å². The normalized spacial score (nSPS) is 13.5. The Hall–Kier alpha value is -1.37. The molecule has 0 saturated heterocycles. The molecule has 12 heavy (non-hydrogen) atoms. The molecule has 0 aliphatic carbocycles. The van der Waals surface area contributed by atoms with Gasteiger partial charge in [0.15, 0.2) is 0 Å². The van der Waals surface area contributed by atoms with E-state index in [2.05, 4.69) is 18.2 Å². The first-order valence-electron chi connectivity index (χ1n) is 3.87. The van der Waals surface area contributed by atoms with Gasteiger partial charge in [0.2, 0.25) is 0 Å². The van der Waals surface area contributed by atoms with Gasteiger partial charge in [-0.2, -0.15) is 0 Å². The lowest BCUT2D eigenvalue weighted by atomic mass is 10.2. The smallest absolute Gasteiger partial charge is 0.0648 e. The maximum Gasteiger partial charge on any atom is 0.0648 e. The van der Waals surface area contributed by atoms with Crippen LogP contribution >= 0.6 is 0 Å². The number of allylic oxidation sites excluding steroid dienone is 5. The zero-order valence-corrected chi connectivity index (χ0v) is 7.75. The van der Waals surface area contributed by atoms with Gasteiger partial charge in [0.05, 0.1) is 5.70 Å². The molecule has 0 unspecified atom stereocenters. The Kier molecular flexibility index (Phi) is 5.62. The van der Waals surface area contributed by atoms with Crippen LogP contribution < -0.4 is 0 Å². The minimum Gasteiger partial charge on any atom is -0.261 e. The van der Waals surface area contributed by atoms with Gasteiger partial charge in [-0.15, -0.1) is 0 Å². The second-order valence-electron chi connectivity index (χ2n) is 2.25. The zero-order valence-electron chi connectivity index (χ0n) is 7.75. The van der Waals surface area contributed by atoms with Crippen molar-refractivity contribution in [2.24, 2.45) is 4.99 Å². The molecule has 64 valence electrons. The fraction of sp³-hybridized carbons (Fsp3) is 0.182. The van der Waals surface area contributed by atoms with Gasteiger partial charge in [-0.05, 0) is 25.5 Å². The van der Waals surface area contributed by atoms with Crippen LogP contribution in [0.15, 0.2) is 53.7 Å². The fourth-order valence-electron chi connectivity index (χ4n) is 0.752. The van der Waals surface area contributed by atoms with Gasteiger partial charge in [0.25, 0.3) is 0 Å². The van der Waals surface area contributed by atoms with E-state index >= 15 is 0 Å². The summed E-state index contributed by atoms with van der Waals surface area (Å²) in [6, 6.07) is 0. The molecule has 0 heterocycles. The van der Waals surface area contributed by atoms with Gasteiger partial charge >= 0.3 is 0 Å².